The van der Waals surface area contributed by atoms with Crippen LogP contribution in [-0.2, 0) is 14.1 Å². The largest absolute Gasteiger partial charge is 0.497 e. The van der Waals surface area contributed by atoms with E-state index in [4.69, 9.17) is 10.5 Å². The molecule has 2 aromatic heterocycles. The van der Waals surface area contributed by atoms with E-state index in [2.05, 4.69) is 10.2 Å². The minimum Gasteiger partial charge on any atom is -0.497 e. The summed E-state index contributed by atoms with van der Waals surface area (Å²) in [6, 6.07) is 16.9. The summed E-state index contributed by atoms with van der Waals surface area (Å²) < 4.78 is 9.14. The SMILES string of the molecule is COc1cccc(-c2nnc(SC(C)C(=O)c3c(N)n(C)c(=O)n(C)c3=O)n2-c2ccccc2)c1. The molecule has 11 heteroatoms. The van der Waals surface area contributed by atoms with E-state index in [-0.39, 0.29) is 11.4 Å². The van der Waals surface area contributed by atoms with Crippen molar-refractivity contribution in [3.63, 3.8) is 0 Å². The van der Waals surface area contributed by atoms with Crippen molar-refractivity contribution >= 4 is 23.4 Å². The first-order valence-electron chi connectivity index (χ1n) is 10.7. The van der Waals surface area contributed by atoms with Gasteiger partial charge in [-0.25, -0.2) is 4.79 Å². The van der Waals surface area contributed by atoms with Gasteiger partial charge in [0.1, 0.15) is 17.1 Å². The van der Waals surface area contributed by atoms with E-state index >= 15 is 0 Å². The van der Waals surface area contributed by atoms with Gasteiger partial charge in [0.05, 0.1) is 12.4 Å². The Morgan fingerprint density at radius 2 is 1.74 bits per heavy atom. The van der Waals surface area contributed by atoms with E-state index in [0.717, 1.165) is 32.1 Å². The summed E-state index contributed by atoms with van der Waals surface area (Å²) in [7, 11) is 4.31. The molecule has 35 heavy (non-hydrogen) atoms. The molecule has 180 valence electrons. The predicted octanol–water partition coefficient (Wildman–Crippen LogP) is 2.29. The zero-order valence-electron chi connectivity index (χ0n) is 19.6. The minimum absolute atomic E-state index is 0.169. The van der Waals surface area contributed by atoms with Crippen molar-refractivity contribution in [1.29, 1.82) is 0 Å². The number of nitrogens with two attached hydrogens (primary N) is 1. The van der Waals surface area contributed by atoms with Gasteiger partial charge in [-0.3, -0.25) is 23.3 Å². The van der Waals surface area contributed by atoms with Gasteiger partial charge in [-0.15, -0.1) is 10.2 Å². The summed E-state index contributed by atoms with van der Waals surface area (Å²) in [5.41, 5.74) is 6.01. The first kappa shape index (κ1) is 24.0. The highest BCUT2D eigenvalue weighted by molar-refractivity contribution is 8.00. The highest BCUT2D eigenvalue weighted by Crippen LogP contribution is 2.32. The number of thioether (sulfide) groups is 1. The molecule has 4 rings (SSSR count). The number of para-hydroxylation sites is 1. The molecule has 2 aromatic carbocycles. The van der Waals surface area contributed by atoms with Gasteiger partial charge in [0.25, 0.3) is 5.56 Å². The Hall–Kier alpha value is -4.12. The molecule has 0 aliphatic carbocycles. The van der Waals surface area contributed by atoms with Crippen LogP contribution in [0.25, 0.3) is 17.1 Å². The van der Waals surface area contributed by atoms with Crippen molar-refractivity contribution in [1.82, 2.24) is 23.9 Å². The predicted molar refractivity (Wildman–Crippen MR) is 134 cm³/mol. The summed E-state index contributed by atoms with van der Waals surface area (Å²) in [5.74, 6) is 0.560. The molecule has 0 fully saturated rings. The Morgan fingerprint density at radius 3 is 2.43 bits per heavy atom. The molecule has 4 aromatic rings. The summed E-state index contributed by atoms with van der Waals surface area (Å²) in [4.78, 5) is 38.1. The van der Waals surface area contributed by atoms with Crippen LogP contribution in [0.4, 0.5) is 5.82 Å². The quantitative estimate of drug-likeness (QED) is 0.308. The number of benzene rings is 2. The number of ether oxygens (including phenoxy) is 1. The lowest BCUT2D eigenvalue weighted by Gasteiger charge is -2.15. The van der Waals surface area contributed by atoms with E-state index < -0.39 is 22.3 Å². The molecule has 10 nitrogen and oxygen atoms in total. The molecule has 0 spiro atoms. The summed E-state index contributed by atoms with van der Waals surface area (Å²) >= 11 is 1.14. The van der Waals surface area contributed by atoms with Gasteiger partial charge < -0.3 is 10.5 Å². The van der Waals surface area contributed by atoms with Crippen molar-refractivity contribution in [3.8, 4) is 22.8 Å². The second-order valence-electron chi connectivity index (χ2n) is 7.80. The van der Waals surface area contributed by atoms with E-state index in [1.54, 1.807) is 14.0 Å². The maximum absolute atomic E-state index is 13.3. The number of nitrogen functional groups attached to an aromatic ring is 1. The maximum atomic E-state index is 13.3. The molecular formula is C24H24N6O4S. The Labute approximate surface area is 205 Å². The highest BCUT2D eigenvalue weighted by Gasteiger charge is 2.28. The van der Waals surface area contributed by atoms with Crippen molar-refractivity contribution in [2.45, 2.75) is 17.3 Å². The van der Waals surface area contributed by atoms with Crippen LogP contribution in [0.1, 0.15) is 17.3 Å². The molecule has 0 saturated carbocycles. The number of Topliss-reactive ketones (excluding diaryl/α,β-unsaturated/α-hetero) is 1. The van der Waals surface area contributed by atoms with Crippen molar-refractivity contribution < 1.29 is 9.53 Å². The third kappa shape index (κ3) is 4.37. The van der Waals surface area contributed by atoms with E-state index in [0.29, 0.717) is 16.7 Å². The van der Waals surface area contributed by atoms with Crippen LogP contribution >= 0.6 is 11.8 Å². The maximum Gasteiger partial charge on any atom is 0.332 e. The molecule has 0 saturated heterocycles. The first-order valence-corrected chi connectivity index (χ1v) is 11.5. The lowest BCUT2D eigenvalue weighted by Crippen LogP contribution is -2.42. The Bertz CT molecular complexity index is 1520. The summed E-state index contributed by atoms with van der Waals surface area (Å²) in [6.07, 6.45) is 0. The van der Waals surface area contributed by atoms with Gasteiger partial charge in [-0.05, 0) is 31.2 Å². The van der Waals surface area contributed by atoms with Crippen LogP contribution < -0.4 is 21.7 Å². The molecule has 1 unspecified atom stereocenters. The third-order valence-corrected chi connectivity index (χ3v) is 6.63. The Kier molecular flexibility index (Phi) is 6.61. The van der Waals surface area contributed by atoms with Crippen LogP contribution in [0.2, 0.25) is 0 Å². The van der Waals surface area contributed by atoms with Gasteiger partial charge in [0, 0.05) is 25.3 Å². The van der Waals surface area contributed by atoms with E-state index in [9.17, 15) is 14.4 Å². The van der Waals surface area contributed by atoms with Gasteiger partial charge >= 0.3 is 5.69 Å². The lowest BCUT2D eigenvalue weighted by molar-refractivity contribution is 0.0992. The highest BCUT2D eigenvalue weighted by atomic mass is 32.2. The van der Waals surface area contributed by atoms with Gasteiger partial charge in [0.15, 0.2) is 16.8 Å². The van der Waals surface area contributed by atoms with Crippen LogP contribution in [0.15, 0.2) is 69.3 Å². The average molecular weight is 493 g/mol. The number of aromatic nitrogens is 5. The summed E-state index contributed by atoms with van der Waals surface area (Å²) in [6.45, 7) is 1.66. The molecular weight excluding hydrogens is 468 g/mol. The lowest BCUT2D eigenvalue weighted by atomic mass is 10.1. The number of anilines is 1. The first-order chi connectivity index (χ1) is 16.7. The monoisotopic (exact) mass is 492 g/mol. The normalized spacial score (nSPS) is 11.9. The number of carbonyl (C=O) groups is 1. The summed E-state index contributed by atoms with van der Waals surface area (Å²) in [5, 5.41) is 8.45. The molecule has 1 atom stereocenters. The Morgan fingerprint density at radius 1 is 1.03 bits per heavy atom. The Balaban J connectivity index is 1.78. The van der Waals surface area contributed by atoms with Gasteiger partial charge in [-0.1, -0.05) is 42.1 Å². The topological polar surface area (TPSA) is 127 Å². The van der Waals surface area contributed by atoms with Crippen LogP contribution in [0.5, 0.6) is 5.75 Å². The fourth-order valence-corrected chi connectivity index (χ4v) is 4.54. The van der Waals surface area contributed by atoms with Gasteiger partial charge in [-0.2, -0.15) is 0 Å². The molecule has 2 heterocycles. The van der Waals surface area contributed by atoms with Crippen molar-refractivity contribution in [3.05, 3.63) is 81.0 Å². The van der Waals surface area contributed by atoms with E-state index in [1.807, 2.05) is 59.2 Å². The second-order valence-corrected chi connectivity index (χ2v) is 9.11. The number of hydrogen-bond donors (Lipinski definition) is 1. The molecule has 0 aliphatic heterocycles. The number of ketones is 1. The number of hydrogen-bond acceptors (Lipinski definition) is 8. The fourth-order valence-electron chi connectivity index (χ4n) is 3.61. The number of nitrogens with zero attached hydrogens (tertiary/aromatic N) is 5. The van der Waals surface area contributed by atoms with Crippen LogP contribution in [0, 0.1) is 0 Å². The zero-order chi connectivity index (χ0) is 25.3. The third-order valence-electron chi connectivity index (χ3n) is 5.58. The number of carbonyl (C=O) groups excluding carboxylic acids is 1. The second kappa shape index (κ2) is 9.63. The average Bonchev–Trinajstić information content (AvgIpc) is 3.30. The number of rotatable bonds is 7. The van der Waals surface area contributed by atoms with Crippen molar-refractivity contribution in [2.75, 3.05) is 12.8 Å². The van der Waals surface area contributed by atoms with Crippen LogP contribution in [-0.4, -0.2) is 42.0 Å². The standard InChI is InChI=1S/C24H24N6O4S/c1-14(19(31)18-20(25)28(2)24(33)29(3)22(18)32)35-23-27-26-21(15-9-8-12-17(13-15)34-4)30(23)16-10-6-5-7-11-16/h5-14H,25H2,1-4H3. The van der Waals surface area contributed by atoms with Gasteiger partial charge in [0.2, 0.25) is 0 Å². The number of methoxy groups -OCH3 is 1. The van der Waals surface area contributed by atoms with E-state index in [1.165, 1.54) is 14.1 Å². The molecule has 0 radical (unpaired) electrons. The zero-order valence-corrected chi connectivity index (χ0v) is 20.4. The molecule has 0 aliphatic rings. The smallest absolute Gasteiger partial charge is 0.332 e. The molecule has 2 N–H and O–H groups in total. The fraction of sp³-hybridized carbons (Fsp3) is 0.208. The minimum atomic E-state index is -0.743. The molecule has 0 amide bonds. The van der Waals surface area contributed by atoms with Crippen LogP contribution in [0.3, 0.4) is 0 Å². The molecule has 0 bridgehead atoms. The van der Waals surface area contributed by atoms with Crippen molar-refractivity contribution in [2.24, 2.45) is 14.1 Å².